The Labute approximate surface area is 102 Å². The van der Waals surface area contributed by atoms with Crippen LogP contribution in [-0.4, -0.2) is 0 Å². The van der Waals surface area contributed by atoms with Gasteiger partial charge in [-0.2, -0.15) is 0 Å². The van der Waals surface area contributed by atoms with Crippen LogP contribution in [0.5, 0.6) is 0 Å². The Morgan fingerprint density at radius 3 is 2.19 bits per heavy atom. The third-order valence-corrected chi connectivity index (χ3v) is 5.74. The Balaban J connectivity index is 2.01. The fourth-order valence-electron chi connectivity index (χ4n) is 3.64. The van der Waals surface area contributed by atoms with Crippen LogP contribution >= 0.6 is 0 Å². The molecule has 2 aliphatic rings. The van der Waals surface area contributed by atoms with E-state index in [4.69, 9.17) is 0 Å². The molecule has 0 N–H and O–H groups in total. The lowest BCUT2D eigenvalue weighted by molar-refractivity contribution is 0.168. The van der Waals surface area contributed by atoms with Crippen molar-refractivity contribution in [1.82, 2.24) is 0 Å². The minimum absolute atomic E-state index is 0.653. The molecule has 0 saturated heterocycles. The highest BCUT2D eigenvalue weighted by atomic mass is 14.5. The smallest absolute Gasteiger partial charge is 0.0297 e. The van der Waals surface area contributed by atoms with E-state index in [9.17, 15) is 0 Å². The highest BCUT2D eigenvalue weighted by Crippen LogP contribution is 2.53. The molecule has 0 amide bonds. The zero-order chi connectivity index (χ0) is 11.6. The second-order valence-electron chi connectivity index (χ2n) is 7.15. The maximum Gasteiger partial charge on any atom is -0.0297 e. The highest BCUT2D eigenvalue weighted by molar-refractivity contribution is 4.93. The summed E-state index contributed by atoms with van der Waals surface area (Å²) in [5.74, 6) is 1.09. The predicted octanol–water partition coefficient (Wildman–Crippen LogP) is 5.56. The summed E-state index contributed by atoms with van der Waals surface area (Å²) in [6.45, 7) is 7.52. The van der Waals surface area contributed by atoms with Crippen molar-refractivity contribution in [2.45, 2.75) is 85.0 Å². The van der Waals surface area contributed by atoms with Gasteiger partial charge in [-0.15, -0.1) is 0 Å². The number of rotatable bonds is 2. The summed E-state index contributed by atoms with van der Waals surface area (Å²) in [6.07, 6.45) is 14.9. The van der Waals surface area contributed by atoms with E-state index in [1.54, 1.807) is 0 Å². The van der Waals surface area contributed by atoms with E-state index in [1.165, 1.54) is 64.2 Å². The molecule has 2 aliphatic carbocycles. The lowest BCUT2D eigenvalue weighted by Crippen LogP contribution is -2.23. The average molecular weight is 222 g/mol. The van der Waals surface area contributed by atoms with Crippen molar-refractivity contribution >= 4 is 0 Å². The Bertz CT molecular complexity index is 228. The highest BCUT2D eigenvalue weighted by Gasteiger charge is 2.42. The third kappa shape index (κ3) is 2.81. The summed E-state index contributed by atoms with van der Waals surface area (Å²) in [5, 5.41) is 0. The zero-order valence-electron chi connectivity index (χ0n) is 11.6. The van der Waals surface area contributed by atoms with Gasteiger partial charge in [0.2, 0.25) is 0 Å². The van der Waals surface area contributed by atoms with Gasteiger partial charge in [-0.1, -0.05) is 46.5 Å². The van der Waals surface area contributed by atoms with Gasteiger partial charge in [0.1, 0.15) is 0 Å². The lowest BCUT2D eigenvalue weighted by atomic mass is 9.71. The minimum atomic E-state index is 0.653. The van der Waals surface area contributed by atoms with E-state index in [0.29, 0.717) is 10.8 Å². The van der Waals surface area contributed by atoms with Crippen molar-refractivity contribution < 1.29 is 0 Å². The number of hydrogen-bond acceptors (Lipinski definition) is 0. The monoisotopic (exact) mass is 222 g/mol. The molecule has 94 valence electrons. The molecule has 2 unspecified atom stereocenters. The van der Waals surface area contributed by atoms with Gasteiger partial charge in [0.25, 0.3) is 0 Å². The van der Waals surface area contributed by atoms with Crippen molar-refractivity contribution in [3.8, 4) is 0 Å². The fraction of sp³-hybridized carbons (Fsp3) is 1.00. The van der Waals surface area contributed by atoms with Gasteiger partial charge in [-0.05, 0) is 55.3 Å². The van der Waals surface area contributed by atoms with Crippen LogP contribution in [0.25, 0.3) is 0 Å². The molecule has 0 aromatic carbocycles. The first-order valence-corrected chi connectivity index (χ1v) is 7.58. The van der Waals surface area contributed by atoms with E-state index in [1.807, 2.05) is 0 Å². The third-order valence-electron chi connectivity index (χ3n) is 5.74. The van der Waals surface area contributed by atoms with Crippen molar-refractivity contribution in [3.63, 3.8) is 0 Å². The van der Waals surface area contributed by atoms with Crippen LogP contribution in [-0.2, 0) is 0 Å². The maximum absolute atomic E-state index is 2.59. The van der Waals surface area contributed by atoms with Crippen LogP contribution in [0.3, 0.4) is 0 Å². The average Bonchev–Trinajstić information content (AvgIpc) is 3.09. The first-order chi connectivity index (χ1) is 7.58. The molecule has 2 saturated carbocycles. The van der Waals surface area contributed by atoms with Crippen molar-refractivity contribution in [3.05, 3.63) is 0 Å². The normalized spacial score (nSPS) is 42.2. The molecular weight excluding hydrogens is 192 g/mol. The van der Waals surface area contributed by atoms with E-state index in [-0.39, 0.29) is 0 Å². The predicted molar refractivity (Wildman–Crippen MR) is 71.5 cm³/mol. The summed E-state index contributed by atoms with van der Waals surface area (Å²) < 4.78 is 0. The van der Waals surface area contributed by atoms with Crippen LogP contribution in [0, 0.1) is 16.7 Å². The molecule has 0 aromatic rings. The van der Waals surface area contributed by atoms with Crippen LogP contribution in [0.15, 0.2) is 0 Å². The van der Waals surface area contributed by atoms with Gasteiger partial charge in [0, 0.05) is 0 Å². The molecule has 2 rings (SSSR count). The van der Waals surface area contributed by atoms with Crippen molar-refractivity contribution in [1.29, 1.82) is 0 Å². The topological polar surface area (TPSA) is 0 Å². The molecule has 0 radical (unpaired) electrons. The summed E-state index contributed by atoms with van der Waals surface area (Å²) >= 11 is 0. The summed E-state index contributed by atoms with van der Waals surface area (Å²) in [4.78, 5) is 0. The molecule has 0 nitrogen and oxygen atoms in total. The molecule has 0 heterocycles. The van der Waals surface area contributed by atoms with Gasteiger partial charge >= 0.3 is 0 Å². The van der Waals surface area contributed by atoms with Crippen LogP contribution in [0.2, 0.25) is 0 Å². The van der Waals surface area contributed by atoms with Gasteiger partial charge in [-0.3, -0.25) is 0 Å². The van der Waals surface area contributed by atoms with Crippen LogP contribution in [0.4, 0.5) is 0 Å². The van der Waals surface area contributed by atoms with E-state index >= 15 is 0 Å². The molecule has 2 fully saturated rings. The van der Waals surface area contributed by atoms with E-state index in [2.05, 4.69) is 20.8 Å². The Morgan fingerprint density at radius 1 is 0.875 bits per heavy atom. The van der Waals surface area contributed by atoms with Gasteiger partial charge in [0.15, 0.2) is 0 Å². The second-order valence-corrected chi connectivity index (χ2v) is 7.15. The van der Waals surface area contributed by atoms with Gasteiger partial charge in [0.05, 0.1) is 0 Å². The van der Waals surface area contributed by atoms with Crippen molar-refractivity contribution in [2.75, 3.05) is 0 Å². The molecule has 0 aliphatic heterocycles. The summed E-state index contributed by atoms with van der Waals surface area (Å²) in [5.41, 5.74) is 1.36. The first kappa shape index (κ1) is 12.5. The van der Waals surface area contributed by atoms with Gasteiger partial charge < -0.3 is 0 Å². The lowest BCUT2D eigenvalue weighted by Gasteiger charge is -2.34. The SMILES string of the molecule is CCC1(C)CCCCCC(C)(C2CC2)CC1. The Hall–Kier alpha value is 0. The van der Waals surface area contributed by atoms with Gasteiger partial charge in [-0.25, -0.2) is 0 Å². The second kappa shape index (κ2) is 4.70. The molecular formula is C16H30. The Morgan fingerprint density at radius 2 is 1.56 bits per heavy atom. The largest absolute Gasteiger partial charge is 0.0649 e. The molecule has 16 heavy (non-hydrogen) atoms. The molecule has 0 bridgehead atoms. The number of hydrogen-bond donors (Lipinski definition) is 0. The van der Waals surface area contributed by atoms with Crippen LogP contribution in [0.1, 0.15) is 85.0 Å². The summed E-state index contributed by atoms with van der Waals surface area (Å²) in [6, 6.07) is 0. The molecule has 0 spiro atoms. The Kier molecular flexibility index (Phi) is 3.66. The standard InChI is InChI=1S/C16H30/c1-4-15(2)10-6-5-7-11-16(3,13-12-15)14-8-9-14/h14H,4-13H2,1-3H3. The zero-order valence-corrected chi connectivity index (χ0v) is 11.6. The van der Waals surface area contributed by atoms with Crippen molar-refractivity contribution in [2.24, 2.45) is 16.7 Å². The minimum Gasteiger partial charge on any atom is -0.0649 e. The fourth-order valence-corrected chi connectivity index (χ4v) is 3.64. The molecule has 2 atom stereocenters. The molecule has 0 heteroatoms. The van der Waals surface area contributed by atoms with E-state index in [0.717, 1.165) is 5.92 Å². The first-order valence-electron chi connectivity index (χ1n) is 7.58. The van der Waals surface area contributed by atoms with E-state index < -0.39 is 0 Å². The summed E-state index contributed by atoms with van der Waals surface area (Å²) in [7, 11) is 0. The maximum atomic E-state index is 2.59. The quantitative estimate of drug-likeness (QED) is 0.573. The molecule has 0 aromatic heterocycles. The van der Waals surface area contributed by atoms with Crippen LogP contribution < -0.4 is 0 Å².